The lowest BCUT2D eigenvalue weighted by atomic mass is 9.70. The first-order valence-electron chi connectivity index (χ1n) is 7.99. The normalized spacial score (nSPS) is 21.9. The van der Waals surface area contributed by atoms with E-state index in [0.29, 0.717) is 0 Å². The average Bonchev–Trinajstić information content (AvgIpc) is 2.51. The number of carbonyl (C=O) groups excluding carboxylic acids is 1. The van der Waals surface area contributed by atoms with Crippen molar-refractivity contribution in [2.45, 2.75) is 39.8 Å². The molecule has 23 heavy (non-hydrogen) atoms. The molecular weight excluding hydrogens is 286 g/mol. The SMILES string of the molecule is CC(=O)OC1c2cc(C)ccc2NC(c2ccccc2)C1(C)C. The zero-order valence-electron chi connectivity index (χ0n) is 14.1. The molecule has 3 rings (SSSR count). The minimum Gasteiger partial charge on any atom is -0.457 e. The second kappa shape index (κ2) is 5.73. The van der Waals surface area contributed by atoms with Gasteiger partial charge in [-0.1, -0.05) is 61.9 Å². The number of aryl methyl sites for hydroxylation is 1. The summed E-state index contributed by atoms with van der Waals surface area (Å²) >= 11 is 0. The highest BCUT2D eigenvalue weighted by molar-refractivity contribution is 5.68. The number of nitrogens with one attached hydrogen (secondary N) is 1. The van der Waals surface area contributed by atoms with Gasteiger partial charge in [0, 0.05) is 23.6 Å². The molecule has 120 valence electrons. The Morgan fingerprint density at radius 3 is 2.48 bits per heavy atom. The van der Waals surface area contributed by atoms with Gasteiger partial charge in [-0.15, -0.1) is 0 Å². The number of rotatable bonds is 2. The molecule has 2 unspecified atom stereocenters. The van der Waals surface area contributed by atoms with Crippen LogP contribution in [0.3, 0.4) is 0 Å². The van der Waals surface area contributed by atoms with Crippen LogP contribution in [0.25, 0.3) is 0 Å². The summed E-state index contributed by atoms with van der Waals surface area (Å²) in [6.07, 6.45) is -0.277. The highest BCUT2D eigenvalue weighted by Crippen LogP contribution is 2.53. The van der Waals surface area contributed by atoms with Crippen molar-refractivity contribution in [1.29, 1.82) is 0 Å². The smallest absolute Gasteiger partial charge is 0.303 e. The molecule has 0 spiro atoms. The zero-order valence-corrected chi connectivity index (χ0v) is 14.1. The molecule has 2 aromatic carbocycles. The topological polar surface area (TPSA) is 38.3 Å². The van der Waals surface area contributed by atoms with Crippen LogP contribution in [0, 0.1) is 12.3 Å². The Bertz CT molecular complexity index is 722. The molecule has 0 aliphatic carbocycles. The Morgan fingerprint density at radius 2 is 1.83 bits per heavy atom. The molecule has 3 nitrogen and oxygen atoms in total. The lowest BCUT2D eigenvalue weighted by Crippen LogP contribution is -2.40. The maximum atomic E-state index is 11.7. The summed E-state index contributed by atoms with van der Waals surface area (Å²) in [7, 11) is 0. The fourth-order valence-electron chi connectivity index (χ4n) is 3.46. The highest BCUT2D eigenvalue weighted by atomic mass is 16.5. The van der Waals surface area contributed by atoms with Gasteiger partial charge >= 0.3 is 5.97 Å². The second-order valence-electron chi connectivity index (χ2n) is 6.89. The summed E-state index contributed by atoms with van der Waals surface area (Å²) in [6, 6.07) is 16.7. The van der Waals surface area contributed by atoms with Gasteiger partial charge in [0.15, 0.2) is 0 Å². The second-order valence-corrected chi connectivity index (χ2v) is 6.89. The minimum absolute atomic E-state index is 0.0725. The van der Waals surface area contributed by atoms with Gasteiger partial charge in [-0.3, -0.25) is 4.79 Å². The van der Waals surface area contributed by atoms with Crippen LogP contribution >= 0.6 is 0 Å². The predicted molar refractivity (Wildman–Crippen MR) is 92.3 cm³/mol. The highest BCUT2D eigenvalue weighted by Gasteiger charge is 2.45. The van der Waals surface area contributed by atoms with E-state index in [0.717, 1.165) is 16.8 Å². The van der Waals surface area contributed by atoms with Crippen LogP contribution in [0.1, 0.15) is 49.6 Å². The Hall–Kier alpha value is -2.29. The molecule has 3 heteroatoms. The van der Waals surface area contributed by atoms with E-state index in [9.17, 15) is 4.79 Å². The van der Waals surface area contributed by atoms with Crippen LogP contribution < -0.4 is 5.32 Å². The van der Waals surface area contributed by atoms with E-state index in [1.165, 1.54) is 12.5 Å². The van der Waals surface area contributed by atoms with E-state index in [4.69, 9.17) is 4.74 Å². The van der Waals surface area contributed by atoms with E-state index < -0.39 is 0 Å². The third kappa shape index (κ3) is 2.83. The summed E-state index contributed by atoms with van der Waals surface area (Å²) in [5.74, 6) is -0.246. The summed E-state index contributed by atoms with van der Waals surface area (Å²) < 4.78 is 5.76. The number of hydrogen-bond donors (Lipinski definition) is 1. The number of hydrogen-bond acceptors (Lipinski definition) is 3. The molecular formula is C20H23NO2. The number of esters is 1. The lowest BCUT2D eigenvalue weighted by molar-refractivity contribution is -0.154. The fourth-order valence-corrected chi connectivity index (χ4v) is 3.46. The van der Waals surface area contributed by atoms with Gasteiger partial charge in [-0.05, 0) is 18.6 Å². The zero-order chi connectivity index (χ0) is 16.6. The summed E-state index contributed by atoms with van der Waals surface area (Å²) in [5, 5.41) is 3.64. The van der Waals surface area contributed by atoms with E-state index >= 15 is 0 Å². The summed E-state index contributed by atoms with van der Waals surface area (Å²) in [6.45, 7) is 7.83. The Balaban J connectivity index is 2.12. The number of ether oxygens (including phenoxy) is 1. The first kappa shape index (κ1) is 15.6. The van der Waals surface area contributed by atoms with Crippen molar-refractivity contribution in [1.82, 2.24) is 0 Å². The molecule has 0 radical (unpaired) electrons. The summed E-state index contributed by atoms with van der Waals surface area (Å²) in [4.78, 5) is 11.7. The Morgan fingerprint density at radius 1 is 1.13 bits per heavy atom. The van der Waals surface area contributed by atoms with Crippen molar-refractivity contribution in [3.05, 3.63) is 65.2 Å². The fraction of sp³-hybridized carbons (Fsp3) is 0.350. The van der Waals surface area contributed by atoms with Crippen LogP contribution in [0.2, 0.25) is 0 Å². The number of carbonyl (C=O) groups is 1. The van der Waals surface area contributed by atoms with E-state index in [1.807, 2.05) is 18.2 Å². The Kier molecular flexibility index (Phi) is 3.88. The van der Waals surface area contributed by atoms with Crippen molar-refractivity contribution in [2.24, 2.45) is 5.41 Å². The van der Waals surface area contributed by atoms with Crippen LogP contribution in [-0.4, -0.2) is 5.97 Å². The molecule has 0 fully saturated rings. The van der Waals surface area contributed by atoms with Crippen LogP contribution in [0.5, 0.6) is 0 Å². The van der Waals surface area contributed by atoms with E-state index in [-0.39, 0.29) is 23.5 Å². The first-order chi connectivity index (χ1) is 10.9. The molecule has 2 atom stereocenters. The molecule has 0 aromatic heterocycles. The van der Waals surface area contributed by atoms with Crippen molar-refractivity contribution in [3.63, 3.8) is 0 Å². The van der Waals surface area contributed by atoms with Crippen LogP contribution in [0.4, 0.5) is 5.69 Å². The maximum Gasteiger partial charge on any atom is 0.303 e. The third-order valence-corrected chi connectivity index (χ3v) is 4.63. The van der Waals surface area contributed by atoms with Gasteiger partial charge in [-0.25, -0.2) is 0 Å². The molecule has 1 heterocycles. The van der Waals surface area contributed by atoms with Gasteiger partial charge < -0.3 is 10.1 Å². The number of benzene rings is 2. The lowest BCUT2D eigenvalue weighted by Gasteiger charge is -2.46. The number of fused-ring (bicyclic) bond motifs is 1. The monoisotopic (exact) mass is 309 g/mol. The quantitative estimate of drug-likeness (QED) is 0.810. The molecule has 0 amide bonds. The van der Waals surface area contributed by atoms with Gasteiger partial charge in [0.05, 0.1) is 6.04 Å². The van der Waals surface area contributed by atoms with Gasteiger partial charge in [-0.2, -0.15) is 0 Å². The van der Waals surface area contributed by atoms with Crippen molar-refractivity contribution >= 4 is 11.7 Å². The van der Waals surface area contributed by atoms with Crippen LogP contribution in [-0.2, 0) is 9.53 Å². The standard InChI is InChI=1S/C20H23NO2/c1-13-10-11-17-16(12-13)19(23-14(2)22)20(3,4)18(21-17)15-8-6-5-7-9-15/h5-12,18-19,21H,1-4H3. The van der Waals surface area contributed by atoms with Gasteiger partial charge in [0.1, 0.15) is 6.10 Å². The summed E-state index contributed by atoms with van der Waals surface area (Å²) in [5.41, 5.74) is 4.18. The molecule has 0 saturated heterocycles. The van der Waals surface area contributed by atoms with Crippen molar-refractivity contribution < 1.29 is 9.53 Å². The Labute approximate surface area is 137 Å². The van der Waals surface area contributed by atoms with E-state index in [1.54, 1.807) is 0 Å². The van der Waals surface area contributed by atoms with Gasteiger partial charge in [0.2, 0.25) is 0 Å². The van der Waals surface area contributed by atoms with E-state index in [2.05, 4.69) is 56.4 Å². The largest absolute Gasteiger partial charge is 0.457 e. The number of anilines is 1. The minimum atomic E-state index is -0.277. The third-order valence-electron chi connectivity index (χ3n) is 4.63. The molecule has 1 N–H and O–H groups in total. The maximum absolute atomic E-state index is 11.7. The first-order valence-corrected chi connectivity index (χ1v) is 7.99. The molecule has 0 saturated carbocycles. The van der Waals surface area contributed by atoms with Crippen molar-refractivity contribution in [2.75, 3.05) is 5.32 Å². The molecule has 0 bridgehead atoms. The van der Waals surface area contributed by atoms with Crippen molar-refractivity contribution in [3.8, 4) is 0 Å². The molecule has 2 aromatic rings. The molecule has 1 aliphatic rings. The molecule has 1 aliphatic heterocycles. The van der Waals surface area contributed by atoms with Gasteiger partial charge in [0.25, 0.3) is 0 Å². The predicted octanol–water partition coefficient (Wildman–Crippen LogP) is 4.79. The van der Waals surface area contributed by atoms with Crippen LogP contribution in [0.15, 0.2) is 48.5 Å². The average molecular weight is 309 g/mol.